The summed E-state index contributed by atoms with van der Waals surface area (Å²) in [5, 5.41) is 9.75. The molecule has 7 heteroatoms. The summed E-state index contributed by atoms with van der Waals surface area (Å²) in [4.78, 5) is 50.3. The molecule has 1 N–H and O–H groups in total. The van der Waals surface area contributed by atoms with Crippen molar-refractivity contribution in [2.75, 3.05) is 13.1 Å². The molecule has 1 aliphatic heterocycles. The molecule has 1 amide bonds. The van der Waals surface area contributed by atoms with Gasteiger partial charge in [0.05, 0.1) is 11.3 Å². The summed E-state index contributed by atoms with van der Waals surface area (Å²) in [6.45, 7) is 5.99. The van der Waals surface area contributed by atoms with Gasteiger partial charge in [0.25, 0.3) is 0 Å². The van der Waals surface area contributed by atoms with Gasteiger partial charge in [0.1, 0.15) is 11.4 Å². The van der Waals surface area contributed by atoms with E-state index in [4.69, 9.17) is 4.74 Å². The molecule has 0 aromatic carbocycles. The first kappa shape index (κ1) is 21.4. The van der Waals surface area contributed by atoms with Gasteiger partial charge >= 0.3 is 11.9 Å². The molecule has 2 fully saturated rings. The summed E-state index contributed by atoms with van der Waals surface area (Å²) in [6.07, 6.45) is 3.39. The summed E-state index contributed by atoms with van der Waals surface area (Å²) in [6, 6.07) is 0. The smallest absolute Gasteiger partial charge is 0.310 e. The average molecular weight is 381 g/mol. The lowest BCUT2D eigenvalue weighted by Crippen LogP contribution is -2.42. The molecule has 0 spiro atoms. The van der Waals surface area contributed by atoms with Crippen molar-refractivity contribution in [2.45, 2.75) is 77.7 Å². The van der Waals surface area contributed by atoms with Crippen molar-refractivity contribution in [2.24, 2.45) is 11.3 Å². The summed E-state index contributed by atoms with van der Waals surface area (Å²) < 4.78 is 5.48. The second-order valence-electron chi connectivity index (χ2n) is 8.85. The van der Waals surface area contributed by atoms with Crippen molar-refractivity contribution < 1.29 is 29.0 Å². The van der Waals surface area contributed by atoms with E-state index in [1.807, 2.05) is 0 Å². The summed E-state index contributed by atoms with van der Waals surface area (Å²) in [5.41, 5.74) is -1.66. The van der Waals surface area contributed by atoms with Crippen LogP contribution in [0.25, 0.3) is 0 Å². The fraction of sp³-hybridized carbons (Fsp3) is 0.800. The zero-order valence-corrected chi connectivity index (χ0v) is 16.6. The second-order valence-corrected chi connectivity index (χ2v) is 8.85. The third-order valence-electron chi connectivity index (χ3n) is 5.49. The van der Waals surface area contributed by atoms with E-state index in [-0.39, 0.29) is 24.5 Å². The van der Waals surface area contributed by atoms with Crippen LogP contribution in [0.2, 0.25) is 0 Å². The van der Waals surface area contributed by atoms with Gasteiger partial charge in [-0.15, -0.1) is 0 Å². The highest BCUT2D eigenvalue weighted by molar-refractivity contribution is 5.86. The van der Waals surface area contributed by atoms with Gasteiger partial charge in [-0.2, -0.15) is 0 Å². The summed E-state index contributed by atoms with van der Waals surface area (Å²) >= 11 is 0. The minimum Gasteiger partial charge on any atom is -0.481 e. The number of amides is 1. The molecule has 1 atom stereocenters. The van der Waals surface area contributed by atoms with Gasteiger partial charge in [-0.1, -0.05) is 12.8 Å². The van der Waals surface area contributed by atoms with Crippen LogP contribution in [0.5, 0.6) is 0 Å². The quantitative estimate of drug-likeness (QED) is 0.710. The molecule has 1 heterocycles. The normalized spacial score (nSPS) is 21.0. The van der Waals surface area contributed by atoms with Gasteiger partial charge in [-0.3, -0.25) is 19.2 Å². The van der Waals surface area contributed by atoms with Crippen molar-refractivity contribution >= 4 is 23.6 Å². The fourth-order valence-electron chi connectivity index (χ4n) is 4.00. The van der Waals surface area contributed by atoms with Crippen molar-refractivity contribution in [3.05, 3.63) is 0 Å². The lowest BCUT2D eigenvalue weighted by Gasteiger charge is -2.32. The number of ether oxygens (including phenoxy) is 1. The Labute approximate surface area is 160 Å². The van der Waals surface area contributed by atoms with E-state index >= 15 is 0 Å². The number of likely N-dealkylation sites (tertiary alicyclic amines) is 1. The van der Waals surface area contributed by atoms with Crippen molar-refractivity contribution in [1.82, 2.24) is 4.90 Å². The lowest BCUT2D eigenvalue weighted by atomic mass is 9.76. The largest absolute Gasteiger partial charge is 0.481 e. The number of ketones is 1. The van der Waals surface area contributed by atoms with Crippen LogP contribution in [0.15, 0.2) is 0 Å². The Balaban J connectivity index is 2.13. The molecule has 1 saturated heterocycles. The van der Waals surface area contributed by atoms with Crippen molar-refractivity contribution in [1.29, 1.82) is 0 Å². The Morgan fingerprint density at radius 2 is 1.70 bits per heavy atom. The van der Waals surface area contributed by atoms with Gasteiger partial charge < -0.3 is 14.7 Å². The van der Waals surface area contributed by atoms with Gasteiger partial charge in [0, 0.05) is 32.4 Å². The first-order valence-corrected chi connectivity index (χ1v) is 9.78. The second kappa shape index (κ2) is 8.40. The van der Waals surface area contributed by atoms with Crippen LogP contribution in [-0.2, 0) is 23.9 Å². The number of hydrogen-bond donors (Lipinski definition) is 1. The zero-order valence-electron chi connectivity index (χ0n) is 16.6. The van der Waals surface area contributed by atoms with Crippen LogP contribution < -0.4 is 0 Å². The van der Waals surface area contributed by atoms with E-state index < -0.39 is 28.9 Å². The molecule has 1 saturated carbocycles. The van der Waals surface area contributed by atoms with E-state index in [2.05, 4.69) is 0 Å². The molecule has 1 unspecified atom stereocenters. The highest BCUT2D eigenvalue weighted by Gasteiger charge is 2.45. The number of aliphatic carboxylic acids is 1. The maximum atomic E-state index is 12.7. The maximum Gasteiger partial charge on any atom is 0.310 e. The van der Waals surface area contributed by atoms with Gasteiger partial charge in [-0.25, -0.2) is 0 Å². The van der Waals surface area contributed by atoms with E-state index in [1.54, 1.807) is 25.7 Å². The first-order chi connectivity index (χ1) is 12.5. The molecular weight excluding hydrogens is 350 g/mol. The van der Waals surface area contributed by atoms with E-state index in [9.17, 15) is 24.3 Å². The molecule has 0 aromatic rings. The van der Waals surface area contributed by atoms with Crippen LogP contribution in [0.4, 0.5) is 0 Å². The van der Waals surface area contributed by atoms with E-state index in [1.165, 1.54) is 0 Å². The first-order valence-electron chi connectivity index (χ1n) is 9.78. The summed E-state index contributed by atoms with van der Waals surface area (Å²) in [7, 11) is 0. The Hall–Kier alpha value is -1.92. The minimum atomic E-state index is -0.959. The third kappa shape index (κ3) is 5.78. The van der Waals surface area contributed by atoms with Crippen LogP contribution in [-0.4, -0.2) is 52.3 Å². The lowest BCUT2D eigenvalue weighted by molar-refractivity contribution is -0.165. The zero-order chi connectivity index (χ0) is 20.2. The van der Waals surface area contributed by atoms with Crippen LogP contribution in [0.3, 0.4) is 0 Å². The topological polar surface area (TPSA) is 101 Å². The number of carbonyl (C=O) groups is 4. The Kier molecular flexibility index (Phi) is 6.65. The van der Waals surface area contributed by atoms with Gasteiger partial charge in [-0.05, 0) is 40.0 Å². The standard InChI is InChI=1S/C20H31NO6/c1-19(2,3)27-17(24)14(13-20(18(25)26)8-4-5-9-20)12-16(23)21-10-6-15(22)7-11-21/h14H,4-13H2,1-3H3,(H,25,26). The number of piperidine rings is 1. The Morgan fingerprint density at radius 3 is 2.19 bits per heavy atom. The monoisotopic (exact) mass is 381 g/mol. The number of rotatable bonds is 6. The highest BCUT2D eigenvalue weighted by Crippen LogP contribution is 2.44. The number of hydrogen-bond acceptors (Lipinski definition) is 5. The van der Waals surface area contributed by atoms with Crippen LogP contribution >= 0.6 is 0 Å². The number of nitrogens with zero attached hydrogens (tertiary/aromatic N) is 1. The molecule has 0 radical (unpaired) electrons. The Morgan fingerprint density at radius 1 is 1.15 bits per heavy atom. The molecule has 27 heavy (non-hydrogen) atoms. The molecule has 2 aliphatic rings. The van der Waals surface area contributed by atoms with Gasteiger partial charge in [0.2, 0.25) is 5.91 Å². The highest BCUT2D eigenvalue weighted by atomic mass is 16.6. The molecule has 2 rings (SSSR count). The maximum absolute atomic E-state index is 12.7. The number of carbonyl (C=O) groups excluding carboxylic acids is 3. The number of esters is 1. The van der Waals surface area contributed by atoms with Crippen LogP contribution in [0.1, 0.15) is 72.1 Å². The molecule has 152 valence electrons. The van der Waals surface area contributed by atoms with E-state index in [0.29, 0.717) is 38.8 Å². The SMILES string of the molecule is CC(C)(C)OC(=O)C(CC(=O)N1CCC(=O)CC1)CC1(C(=O)O)CCCC1. The summed E-state index contributed by atoms with van der Waals surface area (Å²) in [5.74, 6) is -2.28. The molecular formula is C20H31NO6. The average Bonchev–Trinajstić information content (AvgIpc) is 3.03. The molecule has 0 bridgehead atoms. The predicted octanol–water partition coefficient (Wildman–Crippen LogP) is 2.56. The molecule has 7 nitrogen and oxygen atoms in total. The van der Waals surface area contributed by atoms with Crippen molar-refractivity contribution in [3.63, 3.8) is 0 Å². The Bertz CT molecular complexity index is 590. The van der Waals surface area contributed by atoms with E-state index in [0.717, 1.165) is 12.8 Å². The molecule has 0 aromatic heterocycles. The van der Waals surface area contributed by atoms with Crippen molar-refractivity contribution in [3.8, 4) is 0 Å². The third-order valence-corrected chi connectivity index (χ3v) is 5.49. The minimum absolute atomic E-state index is 0.0713. The number of carboxylic acids is 1. The predicted molar refractivity (Wildman–Crippen MR) is 97.9 cm³/mol. The number of carboxylic acid groups (broad SMARTS) is 1. The molecule has 1 aliphatic carbocycles. The fourth-order valence-corrected chi connectivity index (χ4v) is 4.00. The number of Topliss-reactive ketones (excluding diaryl/α,β-unsaturated/α-hetero) is 1. The van der Waals surface area contributed by atoms with Gasteiger partial charge in [0.15, 0.2) is 0 Å². The van der Waals surface area contributed by atoms with Crippen LogP contribution in [0, 0.1) is 11.3 Å².